The minimum absolute atomic E-state index is 0.0415. The highest BCUT2D eigenvalue weighted by molar-refractivity contribution is 7.99. The van der Waals surface area contributed by atoms with E-state index >= 15 is 0 Å². The van der Waals surface area contributed by atoms with Crippen molar-refractivity contribution < 1.29 is 19.1 Å². The molecule has 1 aromatic heterocycles. The predicted octanol–water partition coefficient (Wildman–Crippen LogP) is 2.29. The zero-order valence-corrected chi connectivity index (χ0v) is 11.8. The van der Waals surface area contributed by atoms with Crippen molar-refractivity contribution in [2.75, 3.05) is 18.1 Å². The summed E-state index contributed by atoms with van der Waals surface area (Å²) in [6.45, 7) is 2.39. The van der Waals surface area contributed by atoms with Gasteiger partial charge < -0.3 is 14.8 Å². The lowest BCUT2D eigenvalue weighted by atomic mass is 10.2. The normalized spacial score (nSPS) is 10.7. The lowest BCUT2D eigenvalue weighted by molar-refractivity contribution is -0.133. The van der Waals surface area contributed by atoms with Gasteiger partial charge in [0.1, 0.15) is 5.58 Å². The number of hydrogen-bond donors (Lipinski definition) is 2. The molecule has 6 heteroatoms. The molecule has 0 aliphatic carbocycles. The molecule has 2 N–H and O–H groups in total. The maximum Gasteiger partial charge on any atom is 0.313 e. The quantitative estimate of drug-likeness (QED) is 0.799. The fourth-order valence-corrected chi connectivity index (χ4v) is 2.32. The molecule has 2 aromatic rings. The van der Waals surface area contributed by atoms with Crippen LogP contribution in [0.2, 0.25) is 0 Å². The van der Waals surface area contributed by atoms with Crippen molar-refractivity contribution in [2.45, 2.75) is 6.92 Å². The van der Waals surface area contributed by atoms with Crippen LogP contribution in [-0.2, 0) is 4.79 Å². The zero-order valence-electron chi connectivity index (χ0n) is 11.0. The second-order valence-corrected chi connectivity index (χ2v) is 5.46. The summed E-state index contributed by atoms with van der Waals surface area (Å²) in [6, 6.07) is 7.43. The average molecular weight is 293 g/mol. The zero-order chi connectivity index (χ0) is 14.5. The Labute approximate surface area is 120 Å². The van der Waals surface area contributed by atoms with Crippen LogP contribution in [0.25, 0.3) is 11.0 Å². The lowest BCUT2D eigenvalue weighted by Gasteiger charge is -2.01. The Kier molecular flexibility index (Phi) is 4.68. The molecule has 0 fully saturated rings. The molecule has 0 radical (unpaired) electrons. The van der Waals surface area contributed by atoms with Crippen LogP contribution in [-0.4, -0.2) is 35.0 Å². The standard InChI is InChI=1S/C14H15NO4S/c1-9-2-3-11-10(6-9)7-12(19-11)14(18)15-4-5-20-8-13(16)17/h2-3,6-7H,4-5,8H2,1H3,(H,15,18)(H,16,17). The number of aliphatic carboxylic acids is 1. The van der Waals surface area contributed by atoms with Crippen molar-refractivity contribution in [1.29, 1.82) is 0 Å². The number of rotatable bonds is 6. The monoisotopic (exact) mass is 293 g/mol. The summed E-state index contributed by atoms with van der Waals surface area (Å²) in [5, 5.41) is 12.1. The number of thioether (sulfide) groups is 1. The highest BCUT2D eigenvalue weighted by Crippen LogP contribution is 2.20. The number of carbonyl (C=O) groups is 2. The third-order valence-corrected chi connectivity index (χ3v) is 3.60. The molecule has 1 heterocycles. The maximum absolute atomic E-state index is 11.9. The van der Waals surface area contributed by atoms with Gasteiger partial charge in [-0.1, -0.05) is 11.6 Å². The molecule has 0 aliphatic heterocycles. The lowest BCUT2D eigenvalue weighted by Crippen LogP contribution is -2.25. The van der Waals surface area contributed by atoms with Crippen LogP contribution < -0.4 is 5.32 Å². The summed E-state index contributed by atoms with van der Waals surface area (Å²) in [6.07, 6.45) is 0. The molecule has 0 saturated heterocycles. The van der Waals surface area contributed by atoms with Gasteiger partial charge in [0, 0.05) is 17.7 Å². The fourth-order valence-electron chi connectivity index (χ4n) is 1.76. The first-order chi connectivity index (χ1) is 9.56. The van der Waals surface area contributed by atoms with E-state index in [1.807, 2.05) is 25.1 Å². The first kappa shape index (κ1) is 14.5. The first-order valence-electron chi connectivity index (χ1n) is 6.14. The smallest absolute Gasteiger partial charge is 0.313 e. The van der Waals surface area contributed by atoms with Gasteiger partial charge in [0.15, 0.2) is 5.76 Å². The number of hydrogen-bond acceptors (Lipinski definition) is 4. The SMILES string of the molecule is Cc1ccc2oc(C(=O)NCCSCC(=O)O)cc2c1. The number of aryl methyl sites for hydroxylation is 1. The van der Waals surface area contributed by atoms with Gasteiger partial charge >= 0.3 is 5.97 Å². The van der Waals surface area contributed by atoms with Crippen LogP contribution in [0.15, 0.2) is 28.7 Å². The Morgan fingerprint density at radius 2 is 2.15 bits per heavy atom. The van der Waals surface area contributed by atoms with E-state index in [1.165, 1.54) is 11.8 Å². The molecule has 0 aliphatic rings. The highest BCUT2D eigenvalue weighted by atomic mass is 32.2. The van der Waals surface area contributed by atoms with Gasteiger partial charge in [0.05, 0.1) is 5.75 Å². The Morgan fingerprint density at radius 3 is 2.90 bits per heavy atom. The van der Waals surface area contributed by atoms with E-state index in [0.29, 0.717) is 17.9 Å². The van der Waals surface area contributed by atoms with E-state index in [9.17, 15) is 9.59 Å². The van der Waals surface area contributed by atoms with E-state index in [1.54, 1.807) is 6.07 Å². The van der Waals surface area contributed by atoms with Crippen LogP contribution in [0, 0.1) is 6.92 Å². The molecule has 0 atom stereocenters. The maximum atomic E-state index is 11.9. The van der Waals surface area contributed by atoms with Crippen LogP contribution in [0.4, 0.5) is 0 Å². The molecule has 0 spiro atoms. The van der Waals surface area contributed by atoms with E-state index < -0.39 is 5.97 Å². The second kappa shape index (κ2) is 6.47. The number of nitrogens with one attached hydrogen (secondary N) is 1. The summed E-state index contributed by atoms with van der Waals surface area (Å²) in [5.41, 5.74) is 1.79. The predicted molar refractivity (Wildman–Crippen MR) is 78.2 cm³/mol. The Morgan fingerprint density at radius 1 is 1.35 bits per heavy atom. The summed E-state index contributed by atoms with van der Waals surface area (Å²) in [7, 11) is 0. The largest absolute Gasteiger partial charge is 0.481 e. The van der Waals surface area contributed by atoms with E-state index in [4.69, 9.17) is 9.52 Å². The minimum Gasteiger partial charge on any atom is -0.481 e. The molecule has 20 heavy (non-hydrogen) atoms. The van der Waals surface area contributed by atoms with Crippen LogP contribution in [0.5, 0.6) is 0 Å². The van der Waals surface area contributed by atoms with E-state index in [2.05, 4.69) is 5.32 Å². The molecular formula is C14H15NO4S. The van der Waals surface area contributed by atoms with Gasteiger partial charge in [-0.25, -0.2) is 0 Å². The topological polar surface area (TPSA) is 79.5 Å². The summed E-state index contributed by atoms with van der Waals surface area (Å²) < 4.78 is 5.47. The highest BCUT2D eigenvalue weighted by Gasteiger charge is 2.11. The van der Waals surface area contributed by atoms with Crippen molar-refractivity contribution >= 4 is 34.6 Å². The number of fused-ring (bicyclic) bond motifs is 1. The number of carboxylic acid groups (broad SMARTS) is 1. The van der Waals surface area contributed by atoms with Gasteiger partial charge in [0.2, 0.25) is 0 Å². The number of amides is 1. The van der Waals surface area contributed by atoms with Crippen LogP contribution in [0.3, 0.4) is 0 Å². The van der Waals surface area contributed by atoms with Crippen molar-refractivity contribution in [2.24, 2.45) is 0 Å². The van der Waals surface area contributed by atoms with Crippen molar-refractivity contribution in [3.8, 4) is 0 Å². The molecule has 5 nitrogen and oxygen atoms in total. The minimum atomic E-state index is -0.853. The molecule has 1 aromatic carbocycles. The third-order valence-electron chi connectivity index (χ3n) is 2.65. The summed E-state index contributed by atoms with van der Waals surface area (Å²) >= 11 is 1.26. The van der Waals surface area contributed by atoms with Gasteiger partial charge in [-0.05, 0) is 25.1 Å². The van der Waals surface area contributed by atoms with Gasteiger partial charge in [-0.3, -0.25) is 9.59 Å². The average Bonchev–Trinajstić information content (AvgIpc) is 2.80. The number of benzene rings is 1. The third kappa shape index (κ3) is 3.77. The van der Waals surface area contributed by atoms with Crippen LogP contribution >= 0.6 is 11.8 Å². The van der Waals surface area contributed by atoms with Gasteiger partial charge in [-0.15, -0.1) is 11.8 Å². The number of carboxylic acids is 1. The molecule has 0 saturated carbocycles. The summed E-state index contributed by atoms with van der Waals surface area (Å²) in [4.78, 5) is 22.2. The van der Waals surface area contributed by atoms with Gasteiger partial charge in [-0.2, -0.15) is 0 Å². The van der Waals surface area contributed by atoms with Crippen molar-refractivity contribution in [3.63, 3.8) is 0 Å². The molecular weight excluding hydrogens is 278 g/mol. The fraction of sp³-hybridized carbons (Fsp3) is 0.286. The Bertz CT molecular complexity index is 635. The molecule has 0 bridgehead atoms. The number of carbonyl (C=O) groups excluding carboxylic acids is 1. The van der Waals surface area contributed by atoms with Crippen LogP contribution in [0.1, 0.15) is 16.1 Å². The molecule has 2 rings (SSSR count). The van der Waals surface area contributed by atoms with E-state index in [-0.39, 0.29) is 17.4 Å². The Hall–Kier alpha value is -1.95. The van der Waals surface area contributed by atoms with Crippen molar-refractivity contribution in [3.05, 3.63) is 35.6 Å². The Balaban J connectivity index is 1.89. The molecule has 1 amide bonds. The van der Waals surface area contributed by atoms with E-state index in [0.717, 1.165) is 10.9 Å². The molecule has 0 unspecified atom stereocenters. The summed E-state index contributed by atoms with van der Waals surface area (Å²) in [5.74, 6) is -0.269. The van der Waals surface area contributed by atoms with Crippen molar-refractivity contribution in [1.82, 2.24) is 5.32 Å². The first-order valence-corrected chi connectivity index (χ1v) is 7.29. The van der Waals surface area contributed by atoms with Gasteiger partial charge in [0.25, 0.3) is 5.91 Å². The molecule has 106 valence electrons. The number of furan rings is 1. The second-order valence-electron chi connectivity index (χ2n) is 4.35.